The summed E-state index contributed by atoms with van der Waals surface area (Å²) in [5, 5.41) is 41.3. The minimum atomic E-state index is -1.37. The average Bonchev–Trinajstić information content (AvgIpc) is 2.80. The van der Waals surface area contributed by atoms with Gasteiger partial charge in [0.2, 0.25) is 0 Å². The van der Waals surface area contributed by atoms with Gasteiger partial charge in [0.25, 0.3) is 0 Å². The molecule has 3 atom stereocenters. The second-order valence-electron chi connectivity index (χ2n) is 8.83. The molecule has 38 heavy (non-hydrogen) atoms. The van der Waals surface area contributed by atoms with Gasteiger partial charge >= 0.3 is 221 Å². The van der Waals surface area contributed by atoms with Crippen LogP contribution in [0, 0.1) is 0 Å². The summed E-state index contributed by atoms with van der Waals surface area (Å²) in [7, 11) is 0. The zero-order valence-electron chi connectivity index (χ0n) is 21.0. The molecule has 0 saturated carbocycles. The van der Waals surface area contributed by atoms with Crippen molar-refractivity contribution in [1.29, 1.82) is 0 Å². The normalized spacial score (nSPS) is 15.5. The van der Waals surface area contributed by atoms with E-state index in [0.717, 1.165) is 26.1 Å². The number of hydrogen-bond acceptors (Lipinski definition) is 8. The molecule has 0 aliphatic carbocycles. The molecule has 0 aromatic rings. The second-order valence-corrected chi connectivity index (χ2v) is 11.1. The Hall–Kier alpha value is -2.73. The van der Waals surface area contributed by atoms with Crippen LogP contribution in [-0.2, 0) is 19.2 Å². The summed E-state index contributed by atoms with van der Waals surface area (Å²) in [5.74, 6) is -4.76. The van der Waals surface area contributed by atoms with Crippen molar-refractivity contribution < 1.29 is 70.7 Å². The first-order chi connectivity index (χ1) is 18.0. The van der Waals surface area contributed by atoms with Gasteiger partial charge in [0.15, 0.2) is 0 Å². The van der Waals surface area contributed by atoms with Gasteiger partial charge in [-0.1, -0.05) is 0 Å². The van der Waals surface area contributed by atoms with Gasteiger partial charge in [-0.3, -0.25) is 4.79 Å². The van der Waals surface area contributed by atoms with Crippen molar-refractivity contribution in [2.75, 3.05) is 26.2 Å². The topological polar surface area (TPSA) is 237 Å². The van der Waals surface area contributed by atoms with Gasteiger partial charge in [-0.15, -0.1) is 0 Å². The molecular weight excluding hydrogens is 621 g/mol. The Morgan fingerprint density at radius 1 is 0.789 bits per heavy atom. The van der Waals surface area contributed by atoms with E-state index in [-0.39, 0.29) is 16.8 Å². The van der Waals surface area contributed by atoms with E-state index in [4.69, 9.17) is 10.2 Å². The number of unbranched alkanes of at least 4 members (excludes halogenated alkanes) is 2. The molecule has 1 aliphatic rings. The van der Waals surface area contributed by atoms with Crippen LogP contribution in [0.25, 0.3) is 0 Å². The van der Waals surface area contributed by atoms with Crippen LogP contribution in [0.1, 0.15) is 57.8 Å². The molecule has 0 bridgehead atoms. The molecule has 1 heterocycles. The van der Waals surface area contributed by atoms with E-state index in [9.17, 15) is 39.0 Å². The summed E-state index contributed by atoms with van der Waals surface area (Å²) < 4.78 is 2.63. The number of rotatable bonds is 21. The fourth-order valence-electron chi connectivity index (χ4n) is 3.51. The van der Waals surface area contributed by atoms with Crippen LogP contribution in [0.15, 0.2) is 0 Å². The maximum atomic E-state index is 12.1. The number of nitrogens with zero attached hydrogens (tertiary/aromatic N) is 1. The van der Waals surface area contributed by atoms with Crippen LogP contribution >= 0.6 is 0 Å². The second kappa shape index (κ2) is 18.5. The predicted molar refractivity (Wildman–Crippen MR) is 129 cm³/mol. The molecule has 15 nitrogen and oxygen atoms in total. The molecule has 0 radical (unpaired) electrons. The number of amides is 3. The molecular formula is C22H38IN5O10. The van der Waals surface area contributed by atoms with E-state index >= 15 is 0 Å². The van der Waals surface area contributed by atoms with Crippen molar-refractivity contribution in [3.05, 3.63) is 0 Å². The van der Waals surface area contributed by atoms with Gasteiger partial charge in [0, 0.05) is 0 Å². The Morgan fingerprint density at radius 2 is 1.37 bits per heavy atom. The van der Waals surface area contributed by atoms with Gasteiger partial charge in [-0.05, 0) is 0 Å². The summed E-state index contributed by atoms with van der Waals surface area (Å²) >= 11 is -1.17. The fraction of sp³-hybridized carbons (Fsp3) is 0.727. The Balaban J connectivity index is 2.26. The Morgan fingerprint density at radius 3 is 1.89 bits per heavy atom. The summed E-state index contributed by atoms with van der Waals surface area (Å²) in [6.07, 6.45) is 3.35. The van der Waals surface area contributed by atoms with Gasteiger partial charge in [-0.25, -0.2) is 0 Å². The fourth-order valence-corrected chi connectivity index (χ4v) is 5.04. The summed E-state index contributed by atoms with van der Waals surface area (Å²) in [6, 6.07) is -4.57. The van der Waals surface area contributed by atoms with Crippen molar-refractivity contribution in [2.45, 2.75) is 75.9 Å². The zero-order chi connectivity index (χ0) is 28.5. The molecule has 9 N–H and O–H groups in total. The molecule has 0 spiro atoms. The quantitative estimate of drug-likeness (QED) is 0.0157. The molecule has 1 rings (SSSR count). The number of urea groups is 1. The SMILES string of the molecule is O=C(O)CCC(NC(=O)NC(CCCCN[I-]C(=O)NC(CCCCN1CCC1)C(=O)O)C(=O)O)C(=O)[OH2+]. The van der Waals surface area contributed by atoms with Crippen LogP contribution in [0.5, 0.6) is 0 Å². The van der Waals surface area contributed by atoms with Crippen molar-refractivity contribution in [2.24, 2.45) is 0 Å². The van der Waals surface area contributed by atoms with Crippen molar-refractivity contribution in [3.8, 4) is 0 Å². The summed E-state index contributed by atoms with van der Waals surface area (Å²) in [4.78, 5) is 71.2. The molecule has 16 heteroatoms. The molecule has 218 valence electrons. The first-order valence-electron chi connectivity index (χ1n) is 12.4. The van der Waals surface area contributed by atoms with E-state index in [0.29, 0.717) is 32.2 Å². The molecule has 1 fully saturated rings. The summed E-state index contributed by atoms with van der Waals surface area (Å²) in [5.41, 5.74) is 0. The predicted octanol–water partition coefficient (Wildman–Crippen LogP) is -3.97. The van der Waals surface area contributed by atoms with E-state index < -0.39 is 75.9 Å². The summed E-state index contributed by atoms with van der Waals surface area (Å²) in [6.45, 7) is 3.51. The number of carboxylic acids is 3. The maximum absolute atomic E-state index is 12.1. The van der Waals surface area contributed by atoms with Crippen molar-refractivity contribution in [1.82, 2.24) is 24.4 Å². The van der Waals surface area contributed by atoms with E-state index in [1.807, 2.05) is 0 Å². The van der Waals surface area contributed by atoms with Crippen LogP contribution < -0.4 is 41.0 Å². The Bertz CT molecular complexity index is 826. The first kappa shape index (κ1) is 33.3. The Labute approximate surface area is 230 Å². The minimum absolute atomic E-state index is 0.0576. The standard InChI is InChI=1S/C22H37IN5O10/c29-17(30)9-8-16(20(35)36)27-22(38)26-15(19(33)34)6-1-3-10-24-23-21(37)25-14(18(31)32)7-2-4-11-28-12-5-13-28/h14-16,24H,1-13H2,(H,25,37)(H,29,30)(H,31,32)(H,33,34)(H,35,36)(H2,26,27,38)/q-1/p+1. The average molecular weight is 659 g/mol. The van der Waals surface area contributed by atoms with Gasteiger partial charge < -0.3 is 5.11 Å². The van der Waals surface area contributed by atoms with Crippen molar-refractivity contribution in [3.63, 3.8) is 0 Å². The van der Waals surface area contributed by atoms with Crippen molar-refractivity contribution >= 4 is 33.8 Å². The number of nitrogens with one attached hydrogen (secondary N) is 4. The molecule has 0 aromatic heterocycles. The molecule has 0 aromatic carbocycles. The van der Waals surface area contributed by atoms with Crippen LogP contribution in [-0.4, -0.2) is 103 Å². The van der Waals surface area contributed by atoms with Crippen LogP contribution in [0.4, 0.5) is 9.59 Å². The van der Waals surface area contributed by atoms with Crippen LogP contribution in [0.3, 0.4) is 0 Å². The molecule has 3 unspecified atom stereocenters. The van der Waals surface area contributed by atoms with Gasteiger partial charge in [-0.2, -0.15) is 0 Å². The third kappa shape index (κ3) is 14.9. The number of carbonyl (C=O) groups excluding carboxylic acids is 3. The monoisotopic (exact) mass is 659 g/mol. The molecule has 1 saturated heterocycles. The molecule has 1 aliphatic heterocycles. The number of carbonyl (C=O) groups is 6. The van der Waals surface area contributed by atoms with E-state index in [1.54, 1.807) is 0 Å². The van der Waals surface area contributed by atoms with E-state index in [2.05, 4.69) is 24.4 Å². The first-order valence-corrected chi connectivity index (χ1v) is 14.5. The number of hydrogen-bond donors (Lipinski definition) is 7. The van der Waals surface area contributed by atoms with Crippen LogP contribution in [0.2, 0.25) is 0 Å². The van der Waals surface area contributed by atoms with Gasteiger partial charge in [0.05, 0.1) is 0 Å². The number of halogens is 1. The Kier molecular flexibility index (Phi) is 16.2. The number of aliphatic carboxylic acids is 3. The number of carboxylic acid groups (broad SMARTS) is 3. The third-order valence-corrected chi connectivity index (χ3v) is 7.51. The van der Waals surface area contributed by atoms with Gasteiger partial charge in [0.1, 0.15) is 0 Å². The number of likely N-dealkylation sites (tertiary alicyclic amines) is 1. The van der Waals surface area contributed by atoms with E-state index in [1.165, 1.54) is 6.42 Å². The third-order valence-electron chi connectivity index (χ3n) is 5.79. The zero-order valence-corrected chi connectivity index (χ0v) is 23.2. The molecule has 3 amide bonds.